The molecule has 0 spiro atoms. The Hall–Kier alpha value is -3.17. The molecule has 10 heteroatoms. The number of anilines is 1. The Bertz CT molecular complexity index is 887. The van der Waals surface area contributed by atoms with Gasteiger partial charge in [-0.3, -0.25) is 9.59 Å². The summed E-state index contributed by atoms with van der Waals surface area (Å²) in [7, 11) is 1.58. The molecule has 0 radical (unpaired) electrons. The van der Waals surface area contributed by atoms with Crippen LogP contribution >= 0.6 is 0 Å². The van der Waals surface area contributed by atoms with E-state index in [0.717, 1.165) is 0 Å². The summed E-state index contributed by atoms with van der Waals surface area (Å²) in [6.07, 6.45) is -1.37. The van der Waals surface area contributed by atoms with E-state index in [1.165, 1.54) is 29.4 Å². The zero-order valence-electron chi connectivity index (χ0n) is 16.2. The molecule has 0 saturated carbocycles. The van der Waals surface area contributed by atoms with Crippen LogP contribution in [0.5, 0.6) is 5.88 Å². The first-order valence-corrected chi connectivity index (χ1v) is 8.75. The van der Waals surface area contributed by atoms with Gasteiger partial charge in [0.25, 0.3) is 5.91 Å². The number of nitrogens with one attached hydrogen (secondary N) is 1. The second kappa shape index (κ2) is 9.35. The van der Waals surface area contributed by atoms with E-state index >= 15 is 0 Å². The number of halogens is 3. The highest BCUT2D eigenvalue weighted by Gasteiger charge is 2.29. The average molecular weight is 410 g/mol. The number of alkyl halides is 3. The Morgan fingerprint density at radius 1 is 1.24 bits per heavy atom. The molecule has 0 fully saturated rings. The van der Waals surface area contributed by atoms with Crippen LogP contribution < -0.4 is 10.1 Å². The summed E-state index contributed by atoms with van der Waals surface area (Å²) in [6.45, 7) is 2.05. The number of aromatic nitrogens is 2. The molecule has 2 rings (SSSR count). The van der Waals surface area contributed by atoms with E-state index in [9.17, 15) is 22.8 Å². The summed E-state index contributed by atoms with van der Waals surface area (Å²) >= 11 is 0. The minimum Gasteiger partial charge on any atom is -0.468 e. The fraction of sp³-hybridized carbons (Fsp3) is 0.368. The molecule has 0 atom stereocenters. The molecule has 2 amide bonds. The second-order valence-electron chi connectivity index (χ2n) is 6.36. The molecule has 0 bridgehead atoms. The summed E-state index contributed by atoms with van der Waals surface area (Å²) in [5, 5.41) is 2.59. The standard InChI is InChI=1S/C19H21F3N4O3/c1-4-16(27)25-15-8-14(5-6-23-15)18(28)26(3)10-13-7-12(2)17(24-9-13)29-11-19(20,21)22/h5-9H,4,10-11H2,1-3H3,(H,23,25,27). The molecule has 2 aromatic heterocycles. The van der Waals surface area contributed by atoms with Crippen molar-refractivity contribution in [3.63, 3.8) is 0 Å². The van der Waals surface area contributed by atoms with E-state index in [4.69, 9.17) is 0 Å². The van der Waals surface area contributed by atoms with Gasteiger partial charge in [-0.1, -0.05) is 6.92 Å². The molecule has 0 aliphatic heterocycles. The van der Waals surface area contributed by atoms with E-state index in [0.29, 0.717) is 16.7 Å². The van der Waals surface area contributed by atoms with Gasteiger partial charge in [0.05, 0.1) is 0 Å². The fourth-order valence-corrected chi connectivity index (χ4v) is 2.44. The maximum absolute atomic E-state index is 12.6. The highest BCUT2D eigenvalue weighted by molar-refractivity contribution is 5.96. The number of nitrogens with zero attached hydrogens (tertiary/aromatic N) is 3. The van der Waals surface area contributed by atoms with Crippen LogP contribution in [0.15, 0.2) is 30.6 Å². The Kier molecular flexibility index (Phi) is 7.13. The van der Waals surface area contributed by atoms with Gasteiger partial charge in [0.1, 0.15) is 5.82 Å². The van der Waals surface area contributed by atoms with Crippen molar-refractivity contribution in [2.45, 2.75) is 33.0 Å². The van der Waals surface area contributed by atoms with Crippen molar-refractivity contribution in [3.05, 3.63) is 47.3 Å². The molecular formula is C19H21F3N4O3. The van der Waals surface area contributed by atoms with Crippen molar-refractivity contribution in [2.24, 2.45) is 0 Å². The van der Waals surface area contributed by atoms with Crippen molar-refractivity contribution >= 4 is 17.6 Å². The smallest absolute Gasteiger partial charge is 0.422 e. The lowest BCUT2D eigenvalue weighted by atomic mass is 10.2. The molecule has 0 aliphatic rings. The number of carbonyl (C=O) groups excluding carboxylic acids is 2. The SMILES string of the molecule is CCC(=O)Nc1cc(C(=O)N(C)Cc2cnc(OCC(F)(F)F)c(C)c2)ccn1. The Balaban J connectivity index is 2.05. The molecule has 0 saturated heterocycles. The molecule has 2 aromatic rings. The van der Waals surface area contributed by atoms with Crippen molar-refractivity contribution in [1.82, 2.24) is 14.9 Å². The van der Waals surface area contributed by atoms with Crippen LogP contribution in [-0.4, -0.2) is 46.5 Å². The third-order valence-corrected chi connectivity index (χ3v) is 3.82. The van der Waals surface area contributed by atoms with E-state index < -0.39 is 12.8 Å². The van der Waals surface area contributed by atoms with Gasteiger partial charge in [-0.25, -0.2) is 9.97 Å². The quantitative estimate of drug-likeness (QED) is 0.757. The van der Waals surface area contributed by atoms with Crippen LogP contribution in [0.4, 0.5) is 19.0 Å². The lowest BCUT2D eigenvalue weighted by Gasteiger charge is -2.18. The van der Waals surface area contributed by atoms with Gasteiger partial charge in [-0.2, -0.15) is 13.2 Å². The Labute approximate surface area is 165 Å². The van der Waals surface area contributed by atoms with E-state index in [2.05, 4.69) is 20.0 Å². The molecule has 1 N–H and O–H groups in total. The number of aryl methyl sites for hydroxylation is 1. The molecule has 7 nitrogen and oxygen atoms in total. The van der Waals surface area contributed by atoms with Gasteiger partial charge in [-0.15, -0.1) is 0 Å². The van der Waals surface area contributed by atoms with Crippen molar-refractivity contribution < 1.29 is 27.5 Å². The lowest BCUT2D eigenvalue weighted by Crippen LogP contribution is -2.26. The normalized spacial score (nSPS) is 11.1. The highest BCUT2D eigenvalue weighted by Crippen LogP contribution is 2.21. The predicted octanol–water partition coefficient (Wildman–Crippen LogP) is 3.35. The number of rotatable bonds is 7. The second-order valence-corrected chi connectivity index (χ2v) is 6.36. The van der Waals surface area contributed by atoms with Crippen LogP contribution in [0, 0.1) is 6.92 Å². The predicted molar refractivity (Wildman–Crippen MR) is 99.5 cm³/mol. The van der Waals surface area contributed by atoms with Gasteiger partial charge < -0.3 is 15.0 Å². The third kappa shape index (κ3) is 6.74. The van der Waals surface area contributed by atoms with Crippen LogP contribution in [0.2, 0.25) is 0 Å². The maximum Gasteiger partial charge on any atom is 0.422 e. The monoisotopic (exact) mass is 410 g/mol. The van der Waals surface area contributed by atoms with Crippen LogP contribution in [0.3, 0.4) is 0 Å². The largest absolute Gasteiger partial charge is 0.468 e. The van der Waals surface area contributed by atoms with Crippen molar-refractivity contribution in [3.8, 4) is 5.88 Å². The summed E-state index contributed by atoms with van der Waals surface area (Å²) in [5.74, 6) is -0.357. The average Bonchev–Trinajstić information content (AvgIpc) is 2.66. The van der Waals surface area contributed by atoms with Crippen LogP contribution in [-0.2, 0) is 11.3 Å². The summed E-state index contributed by atoms with van der Waals surface area (Å²) in [5.41, 5.74) is 1.40. The van der Waals surface area contributed by atoms with E-state index in [1.54, 1.807) is 27.0 Å². The third-order valence-electron chi connectivity index (χ3n) is 3.82. The van der Waals surface area contributed by atoms with Gasteiger partial charge in [0.2, 0.25) is 11.8 Å². The van der Waals surface area contributed by atoms with Crippen LogP contribution in [0.1, 0.15) is 34.8 Å². The molecule has 0 aromatic carbocycles. The Morgan fingerprint density at radius 3 is 2.59 bits per heavy atom. The zero-order valence-corrected chi connectivity index (χ0v) is 16.2. The first-order chi connectivity index (χ1) is 13.6. The first-order valence-electron chi connectivity index (χ1n) is 8.75. The topological polar surface area (TPSA) is 84.4 Å². The summed E-state index contributed by atoms with van der Waals surface area (Å²) in [4.78, 5) is 33.4. The molecule has 0 aliphatic carbocycles. The van der Waals surface area contributed by atoms with Gasteiger partial charge in [-0.05, 0) is 30.7 Å². The van der Waals surface area contributed by atoms with Gasteiger partial charge in [0, 0.05) is 43.5 Å². The first kappa shape index (κ1) is 22.1. The van der Waals surface area contributed by atoms with Gasteiger partial charge in [0.15, 0.2) is 6.61 Å². The number of hydrogen-bond acceptors (Lipinski definition) is 5. The number of hydrogen-bond donors (Lipinski definition) is 1. The Morgan fingerprint density at radius 2 is 1.97 bits per heavy atom. The maximum atomic E-state index is 12.6. The van der Waals surface area contributed by atoms with Crippen molar-refractivity contribution in [1.29, 1.82) is 0 Å². The minimum atomic E-state index is -4.45. The van der Waals surface area contributed by atoms with Gasteiger partial charge >= 0.3 is 6.18 Å². The highest BCUT2D eigenvalue weighted by atomic mass is 19.4. The molecular weight excluding hydrogens is 389 g/mol. The van der Waals surface area contributed by atoms with E-state index in [-0.39, 0.29) is 36.5 Å². The fourth-order valence-electron chi connectivity index (χ4n) is 2.44. The number of ether oxygens (including phenoxy) is 1. The summed E-state index contributed by atoms with van der Waals surface area (Å²) < 4.78 is 41.5. The zero-order chi connectivity index (χ0) is 21.6. The molecule has 0 unspecified atom stereocenters. The lowest BCUT2D eigenvalue weighted by molar-refractivity contribution is -0.154. The number of amides is 2. The number of pyridine rings is 2. The molecule has 2 heterocycles. The van der Waals surface area contributed by atoms with E-state index in [1.807, 2.05) is 0 Å². The van der Waals surface area contributed by atoms with Crippen molar-refractivity contribution in [2.75, 3.05) is 19.0 Å². The molecule has 29 heavy (non-hydrogen) atoms. The summed E-state index contributed by atoms with van der Waals surface area (Å²) in [6, 6.07) is 4.61. The molecule has 156 valence electrons. The number of carbonyl (C=O) groups is 2. The van der Waals surface area contributed by atoms with Crippen LogP contribution in [0.25, 0.3) is 0 Å². The minimum absolute atomic E-state index is 0.106.